The highest BCUT2D eigenvalue weighted by atomic mass is 35.5. The van der Waals surface area contributed by atoms with Crippen LogP contribution >= 0.6 is 11.6 Å². The predicted molar refractivity (Wildman–Crippen MR) is 71.7 cm³/mol. The first kappa shape index (κ1) is 15.3. The lowest BCUT2D eigenvalue weighted by Gasteiger charge is -2.31. The highest BCUT2D eigenvalue weighted by molar-refractivity contribution is 6.18. The molecule has 0 aromatic carbocycles. The molecule has 0 aliphatic carbocycles. The number of hydrogen-bond donors (Lipinski definition) is 0. The summed E-state index contributed by atoms with van der Waals surface area (Å²) >= 11 is 6.12. The molecule has 0 heterocycles. The van der Waals surface area contributed by atoms with Crippen molar-refractivity contribution in [1.82, 2.24) is 0 Å². The lowest BCUT2D eigenvalue weighted by atomic mass is 9.77. The minimum absolute atomic E-state index is 0.380. The Labute approximate surface area is 102 Å². The van der Waals surface area contributed by atoms with Gasteiger partial charge in [0.25, 0.3) is 0 Å². The molecule has 0 N–H and O–H groups in total. The van der Waals surface area contributed by atoms with Gasteiger partial charge in [-0.3, -0.25) is 0 Å². The molecule has 0 amide bonds. The van der Waals surface area contributed by atoms with E-state index in [0.29, 0.717) is 5.41 Å². The lowest BCUT2D eigenvalue weighted by Crippen LogP contribution is -2.22. The van der Waals surface area contributed by atoms with Gasteiger partial charge in [0.05, 0.1) is 0 Å². The van der Waals surface area contributed by atoms with Crippen LogP contribution in [-0.2, 0) is 0 Å². The Hall–Kier alpha value is 0.290. The number of hydrogen-bond acceptors (Lipinski definition) is 0. The van der Waals surface area contributed by atoms with Gasteiger partial charge >= 0.3 is 0 Å². The standard InChI is InChI=1S/C14H29Cl/c1-5-8-9-13(7-3)11-14(4,12-15)10-6-2/h13H,5-12H2,1-4H3. The van der Waals surface area contributed by atoms with Gasteiger partial charge < -0.3 is 0 Å². The summed E-state index contributed by atoms with van der Waals surface area (Å²) < 4.78 is 0. The van der Waals surface area contributed by atoms with E-state index in [1.807, 2.05) is 0 Å². The molecule has 0 saturated heterocycles. The van der Waals surface area contributed by atoms with Crippen molar-refractivity contribution in [2.24, 2.45) is 11.3 Å². The van der Waals surface area contributed by atoms with Gasteiger partial charge in [0.2, 0.25) is 0 Å². The van der Waals surface area contributed by atoms with Gasteiger partial charge in [-0.05, 0) is 24.2 Å². The lowest BCUT2D eigenvalue weighted by molar-refractivity contribution is 0.234. The third kappa shape index (κ3) is 6.45. The van der Waals surface area contributed by atoms with E-state index in [4.69, 9.17) is 11.6 Å². The zero-order chi connectivity index (χ0) is 11.7. The molecular formula is C14H29Cl. The second-order valence-electron chi connectivity index (χ2n) is 5.31. The van der Waals surface area contributed by atoms with E-state index < -0.39 is 0 Å². The van der Waals surface area contributed by atoms with Crippen LogP contribution in [0.3, 0.4) is 0 Å². The largest absolute Gasteiger partial charge is 0.126 e. The maximum atomic E-state index is 6.12. The Morgan fingerprint density at radius 2 is 1.80 bits per heavy atom. The minimum atomic E-state index is 0.380. The average Bonchev–Trinajstić information content (AvgIpc) is 2.24. The van der Waals surface area contributed by atoms with E-state index in [1.54, 1.807) is 0 Å². The van der Waals surface area contributed by atoms with Crippen molar-refractivity contribution in [1.29, 1.82) is 0 Å². The molecule has 0 nitrogen and oxygen atoms in total. The van der Waals surface area contributed by atoms with Crippen molar-refractivity contribution < 1.29 is 0 Å². The Morgan fingerprint density at radius 3 is 2.20 bits per heavy atom. The molecule has 0 aromatic rings. The fourth-order valence-electron chi connectivity index (χ4n) is 2.47. The second-order valence-corrected chi connectivity index (χ2v) is 5.58. The maximum Gasteiger partial charge on any atom is 0.0277 e. The number of alkyl halides is 1. The quantitative estimate of drug-likeness (QED) is 0.452. The van der Waals surface area contributed by atoms with Crippen molar-refractivity contribution in [3.8, 4) is 0 Å². The van der Waals surface area contributed by atoms with Gasteiger partial charge in [-0.2, -0.15) is 0 Å². The molecule has 0 rings (SSSR count). The van der Waals surface area contributed by atoms with Crippen LogP contribution in [0.4, 0.5) is 0 Å². The summed E-state index contributed by atoms with van der Waals surface area (Å²) in [6, 6.07) is 0. The highest BCUT2D eigenvalue weighted by Gasteiger charge is 2.25. The Kier molecular flexibility index (Phi) is 8.61. The van der Waals surface area contributed by atoms with Crippen LogP contribution in [0.25, 0.3) is 0 Å². The third-order valence-corrected chi connectivity index (χ3v) is 4.15. The molecule has 0 bridgehead atoms. The first-order chi connectivity index (χ1) is 7.11. The van der Waals surface area contributed by atoms with Crippen molar-refractivity contribution in [3.63, 3.8) is 0 Å². The van der Waals surface area contributed by atoms with Crippen LogP contribution in [-0.4, -0.2) is 5.88 Å². The van der Waals surface area contributed by atoms with Crippen LogP contribution in [0.1, 0.15) is 72.6 Å². The van der Waals surface area contributed by atoms with Crippen LogP contribution in [0.2, 0.25) is 0 Å². The summed E-state index contributed by atoms with van der Waals surface area (Å²) in [5.41, 5.74) is 0.380. The van der Waals surface area contributed by atoms with Crippen LogP contribution in [0.15, 0.2) is 0 Å². The van der Waals surface area contributed by atoms with Gasteiger partial charge in [-0.15, -0.1) is 11.6 Å². The summed E-state index contributed by atoms with van der Waals surface area (Å²) in [5.74, 6) is 1.71. The first-order valence-electron chi connectivity index (χ1n) is 6.67. The van der Waals surface area contributed by atoms with Gasteiger partial charge in [0.1, 0.15) is 0 Å². The van der Waals surface area contributed by atoms with Crippen LogP contribution in [0, 0.1) is 11.3 Å². The number of unbranched alkanes of at least 4 members (excludes halogenated alkanes) is 1. The Bertz CT molecular complexity index is 144. The third-order valence-electron chi connectivity index (χ3n) is 3.50. The SMILES string of the molecule is CCCCC(CC)CC(C)(CCl)CCC. The van der Waals surface area contributed by atoms with E-state index in [2.05, 4.69) is 27.7 Å². The zero-order valence-electron chi connectivity index (χ0n) is 11.1. The molecule has 2 unspecified atom stereocenters. The molecule has 0 saturated carbocycles. The normalized spacial score (nSPS) is 17.4. The van der Waals surface area contributed by atoms with Crippen LogP contribution < -0.4 is 0 Å². The average molecular weight is 233 g/mol. The molecular weight excluding hydrogens is 204 g/mol. The van der Waals surface area contributed by atoms with Gasteiger partial charge in [-0.25, -0.2) is 0 Å². The smallest absolute Gasteiger partial charge is 0.0277 e. The molecule has 0 spiro atoms. The Morgan fingerprint density at radius 1 is 1.13 bits per heavy atom. The van der Waals surface area contributed by atoms with Crippen molar-refractivity contribution in [3.05, 3.63) is 0 Å². The van der Waals surface area contributed by atoms with E-state index in [-0.39, 0.29) is 0 Å². The zero-order valence-corrected chi connectivity index (χ0v) is 11.9. The highest BCUT2D eigenvalue weighted by Crippen LogP contribution is 2.35. The summed E-state index contributed by atoms with van der Waals surface area (Å²) in [4.78, 5) is 0. The fraction of sp³-hybridized carbons (Fsp3) is 1.00. The van der Waals surface area contributed by atoms with Crippen molar-refractivity contribution >= 4 is 11.6 Å². The molecule has 92 valence electrons. The van der Waals surface area contributed by atoms with Gasteiger partial charge in [0, 0.05) is 5.88 Å². The summed E-state index contributed by atoms with van der Waals surface area (Å²) in [5, 5.41) is 0. The molecule has 0 radical (unpaired) electrons. The monoisotopic (exact) mass is 232 g/mol. The fourth-order valence-corrected chi connectivity index (χ4v) is 2.71. The maximum absolute atomic E-state index is 6.12. The summed E-state index contributed by atoms with van der Waals surface area (Å²) in [6.07, 6.45) is 9.26. The number of rotatable bonds is 9. The van der Waals surface area contributed by atoms with E-state index >= 15 is 0 Å². The summed E-state index contributed by atoms with van der Waals surface area (Å²) in [6.45, 7) is 9.22. The van der Waals surface area contributed by atoms with E-state index in [9.17, 15) is 0 Å². The predicted octanol–water partition coefficient (Wildman–Crippen LogP) is 5.64. The summed E-state index contributed by atoms with van der Waals surface area (Å²) in [7, 11) is 0. The second kappa shape index (κ2) is 8.44. The van der Waals surface area contributed by atoms with Gasteiger partial charge in [-0.1, -0.05) is 59.8 Å². The van der Waals surface area contributed by atoms with E-state index in [1.165, 1.54) is 44.9 Å². The van der Waals surface area contributed by atoms with E-state index in [0.717, 1.165) is 11.8 Å². The number of halogens is 1. The molecule has 0 aromatic heterocycles. The van der Waals surface area contributed by atoms with Crippen molar-refractivity contribution in [2.75, 3.05) is 5.88 Å². The van der Waals surface area contributed by atoms with Crippen LogP contribution in [0.5, 0.6) is 0 Å². The molecule has 0 fully saturated rings. The Balaban J connectivity index is 4.09. The molecule has 0 aliphatic rings. The van der Waals surface area contributed by atoms with Gasteiger partial charge in [0.15, 0.2) is 0 Å². The topological polar surface area (TPSA) is 0 Å². The first-order valence-corrected chi connectivity index (χ1v) is 7.21. The minimum Gasteiger partial charge on any atom is -0.126 e. The molecule has 1 heteroatoms. The van der Waals surface area contributed by atoms with Crippen molar-refractivity contribution in [2.45, 2.75) is 72.6 Å². The molecule has 15 heavy (non-hydrogen) atoms. The molecule has 0 aliphatic heterocycles. The molecule has 2 atom stereocenters.